The average Bonchev–Trinajstić information content (AvgIpc) is 2.73. The van der Waals surface area contributed by atoms with Gasteiger partial charge in [-0.15, -0.1) is 0 Å². The van der Waals surface area contributed by atoms with E-state index < -0.39 is 6.09 Å². The van der Waals surface area contributed by atoms with Crippen molar-refractivity contribution in [2.45, 2.75) is 33.4 Å². The Morgan fingerprint density at radius 3 is 2.23 bits per heavy atom. The van der Waals surface area contributed by atoms with Gasteiger partial charge < -0.3 is 19.5 Å². The van der Waals surface area contributed by atoms with E-state index in [-0.39, 0.29) is 11.5 Å². The maximum Gasteiger partial charge on any atom is 0.407 e. The minimum Gasteiger partial charge on any atom is -0.492 e. The van der Waals surface area contributed by atoms with Crippen molar-refractivity contribution in [3.63, 3.8) is 0 Å². The first-order valence-electron chi connectivity index (χ1n) is 10.4. The summed E-state index contributed by atoms with van der Waals surface area (Å²) in [6.45, 7) is 10.1. The van der Waals surface area contributed by atoms with E-state index in [1.165, 1.54) is 0 Å². The summed E-state index contributed by atoms with van der Waals surface area (Å²) in [4.78, 5) is 15.4. The molecule has 3 rings (SSSR count). The van der Waals surface area contributed by atoms with Gasteiger partial charge in [-0.25, -0.2) is 4.79 Å². The number of amides is 1. The number of carboxylic acid groups (broad SMARTS) is 1. The lowest BCUT2D eigenvalue weighted by Crippen LogP contribution is -2.59. The second-order valence-electron chi connectivity index (χ2n) is 8.75. The highest BCUT2D eigenvalue weighted by molar-refractivity contribution is 5.65. The van der Waals surface area contributed by atoms with Crippen molar-refractivity contribution in [3.05, 3.63) is 60.2 Å². The molecule has 0 saturated carbocycles. The van der Waals surface area contributed by atoms with Crippen LogP contribution in [0.3, 0.4) is 0 Å². The van der Waals surface area contributed by atoms with Crippen LogP contribution in [-0.2, 0) is 6.61 Å². The van der Waals surface area contributed by atoms with E-state index in [0.717, 1.165) is 36.7 Å². The van der Waals surface area contributed by atoms with Crippen LogP contribution in [0, 0.1) is 5.41 Å². The van der Waals surface area contributed by atoms with Gasteiger partial charge in [0.15, 0.2) is 0 Å². The van der Waals surface area contributed by atoms with Crippen LogP contribution in [0.5, 0.6) is 11.5 Å². The third kappa shape index (κ3) is 6.13. The first kappa shape index (κ1) is 22.0. The molecule has 0 aromatic heterocycles. The molecule has 1 aliphatic heterocycles. The molecule has 6 nitrogen and oxygen atoms in total. The lowest BCUT2D eigenvalue weighted by atomic mass is 9.84. The second-order valence-corrected chi connectivity index (χ2v) is 8.75. The summed E-state index contributed by atoms with van der Waals surface area (Å²) in [6.07, 6.45) is -0.833. The van der Waals surface area contributed by atoms with Gasteiger partial charge >= 0.3 is 6.09 Å². The quantitative estimate of drug-likeness (QED) is 0.732. The molecule has 1 saturated heterocycles. The van der Waals surface area contributed by atoms with Gasteiger partial charge in [-0.3, -0.25) is 4.90 Å². The molecule has 1 atom stereocenters. The summed E-state index contributed by atoms with van der Waals surface area (Å²) in [5, 5.41) is 9.48. The van der Waals surface area contributed by atoms with Crippen molar-refractivity contribution < 1.29 is 19.4 Å². The molecule has 0 aliphatic carbocycles. The maximum absolute atomic E-state index is 11.5. The fraction of sp³-hybridized carbons (Fsp3) is 0.458. The van der Waals surface area contributed by atoms with Gasteiger partial charge in [0, 0.05) is 26.2 Å². The lowest BCUT2D eigenvalue weighted by molar-refractivity contribution is 0.0179. The molecule has 162 valence electrons. The molecule has 6 heteroatoms. The molecular weight excluding hydrogens is 380 g/mol. The maximum atomic E-state index is 11.5. The Balaban J connectivity index is 1.44. The molecule has 1 fully saturated rings. The van der Waals surface area contributed by atoms with Gasteiger partial charge in [0.05, 0.1) is 6.04 Å². The number of nitrogens with zero attached hydrogens (tertiary/aromatic N) is 2. The van der Waals surface area contributed by atoms with Crippen LogP contribution in [0.25, 0.3) is 0 Å². The summed E-state index contributed by atoms with van der Waals surface area (Å²) < 4.78 is 11.7. The normalized spacial score (nSPS) is 17.6. The Bertz CT molecular complexity index is 802. The third-order valence-electron chi connectivity index (χ3n) is 5.46. The van der Waals surface area contributed by atoms with E-state index in [9.17, 15) is 9.90 Å². The van der Waals surface area contributed by atoms with E-state index in [2.05, 4.69) is 25.7 Å². The molecule has 2 aromatic rings. The van der Waals surface area contributed by atoms with Crippen molar-refractivity contribution in [1.82, 2.24) is 9.80 Å². The zero-order valence-corrected chi connectivity index (χ0v) is 18.1. The van der Waals surface area contributed by atoms with Crippen LogP contribution >= 0.6 is 0 Å². The molecule has 1 amide bonds. The Hall–Kier alpha value is -2.73. The summed E-state index contributed by atoms with van der Waals surface area (Å²) in [6, 6.07) is 17.7. The van der Waals surface area contributed by atoms with E-state index in [4.69, 9.17) is 9.47 Å². The van der Waals surface area contributed by atoms with E-state index >= 15 is 0 Å². The van der Waals surface area contributed by atoms with E-state index in [1.807, 2.05) is 54.6 Å². The molecule has 1 heterocycles. The number of ether oxygens (including phenoxy) is 2. The lowest BCUT2D eigenvalue weighted by Gasteiger charge is -2.45. The van der Waals surface area contributed by atoms with Gasteiger partial charge in [-0.1, -0.05) is 51.1 Å². The molecule has 2 aromatic carbocycles. The highest BCUT2D eigenvalue weighted by Gasteiger charge is 2.37. The summed E-state index contributed by atoms with van der Waals surface area (Å²) in [7, 11) is 0. The van der Waals surface area contributed by atoms with Crippen molar-refractivity contribution in [1.29, 1.82) is 0 Å². The molecule has 1 N–H and O–H groups in total. The smallest absolute Gasteiger partial charge is 0.407 e. The van der Waals surface area contributed by atoms with Crippen LogP contribution in [-0.4, -0.2) is 59.8 Å². The summed E-state index contributed by atoms with van der Waals surface area (Å²) in [5.74, 6) is 1.61. The Morgan fingerprint density at radius 1 is 1.00 bits per heavy atom. The van der Waals surface area contributed by atoms with E-state index in [0.29, 0.717) is 19.8 Å². The Labute approximate surface area is 179 Å². The average molecular weight is 413 g/mol. The first-order valence-corrected chi connectivity index (χ1v) is 10.4. The minimum absolute atomic E-state index is 0.0233. The van der Waals surface area contributed by atoms with Crippen LogP contribution in [0.15, 0.2) is 54.6 Å². The van der Waals surface area contributed by atoms with Crippen molar-refractivity contribution in [2.75, 3.05) is 32.8 Å². The number of piperazine rings is 1. The predicted octanol–water partition coefficient (Wildman–Crippen LogP) is 4.35. The monoisotopic (exact) mass is 412 g/mol. The van der Waals surface area contributed by atoms with Crippen LogP contribution in [0.1, 0.15) is 26.3 Å². The molecule has 0 spiro atoms. The van der Waals surface area contributed by atoms with Crippen molar-refractivity contribution >= 4 is 6.09 Å². The zero-order valence-electron chi connectivity index (χ0n) is 18.1. The molecule has 30 heavy (non-hydrogen) atoms. The highest BCUT2D eigenvalue weighted by Crippen LogP contribution is 2.28. The number of hydrogen-bond acceptors (Lipinski definition) is 4. The third-order valence-corrected chi connectivity index (χ3v) is 5.46. The standard InChI is InChI=1S/C24H32N2O4/c1-24(2,3)22-17-25(13-14-26(22)23(27)28)15-16-29-20-9-11-21(12-10-20)30-18-19-7-5-4-6-8-19/h4-12,22H,13-18H2,1-3H3,(H,27,28). The fourth-order valence-electron chi connectivity index (χ4n) is 3.68. The molecule has 1 unspecified atom stereocenters. The minimum atomic E-state index is -0.833. The van der Waals surface area contributed by atoms with E-state index in [1.54, 1.807) is 4.90 Å². The Kier molecular flexibility index (Phi) is 7.21. The topological polar surface area (TPSA) is 62.2 Å². The molecule has 1 aliphatic rings. The second kappa shape index (κ2) is 9.85. The SMILES string of the molecule is CC(C)(C)C1CN(CCOc2ccc(OCc3ccccc3)cc2)CCN1C(=O)O. The van der Waals surface area contributed by atoms with Crippen LogP contribution < -0.4 is 9.47 Å². The number of benzene rings is 2. The van der Waals surface area contributed by atoms with Crippen LogP contribution in [0.4, 0.5) is 4.79 Å². The molecular formula is C24H32N2O4. The first-order chi connectivity index (χ1) is 14.3. The number of carbonyl (C=O) groups is 1. The van der Waals surface area contributed by atoms with Gasteiger partial charge in [-0.05, 0) is 35.2 Å². The largest absolute Gasteiger partial charge is 0.492 e. The number of rotatable bonds is 7. The zero-order chi connectivity index (χ0) is 21.6. The molecule has 0 radical (unpaired) electrons. The van der Waals surface area contributed by atoms with Crippen LogP contribution in [0.2, 0.25) is 0 Å². The Morgan fingerprint density at radius 2 is 1.63 bits per heavy atom. The summed E-state index contributed by atoms with van der Waals surface area (Å²) in [5.41, 5.74) is 1.03. The summed E-state index contributed by atoms with van der Waals surface area (Å²) >= 11 is 0. The van der Waals surface area contributed by atoms with Gasteiger partial charge in [-0.2, -0.15) is 0 Å². The molecule has 0 bridgehead atoms. The van der Waals surface area contributed by atoms with Gasteiger partial charge in [0.2, 0.25) is 0 Å². The van der Waals surface area contributed by atoms with Crippen molar-refractivity contribution in [2.24, 2.45) is 5.41 Å². The van der Waals surface area contributed by atoms with Gasteiger partial charge in [0.25, 0.3) is 0 Å². The fourth-order valence-corrected chi connectivity index (χ4v) is 3.68. The van der Waals surface area contributed by atoms with Crippen molar-refractivity contribution in [3.8, 4) is 11.5 Å². The highest BCUT2D eigenvalue weighted by atomic mass is 16.5. The van der Waals surface area contributed by atoms with Gasteiger partial charge in [0.1, 0.15) is 24.7 Å². The number of hydrogen-bond donors (Lipinski definition) is 1. The predicted molar refractivity (Wildman–Crippen MR) is 117 cm³/mol.